The lowest BCUT2D eigenvalue weighted by Gasteiger charge is -2.10. The molecule has 3 aromatic rings. The summed E-state index contributed by atoms with van der Waals surface area (Å²) in [5, 5.41) is 5.83. The molecule has 1 amide bonds. The molecule has 0 bridgehead atoms. The molecule has 0 saturated carbocycles. The number of nitrogens with zero attached hydrogens (tertiary/aromatic N) is 1. The van der Waals surface area contributed by atoms with Crippen molar-refractivity contribution in [1.29, 1.82) is 0 Å². The number of benzene rings is 2. The average Bonchev–Trinajstić information content (AvgIpc) is 3.22. The third-order valence-electron chi connectivity index (χ3n) is 4.40. The standard InChI is InChI=1S/C24H24N2O5S/c1-16-12-21(31-14-24(28)29-3)9-10-22(16)26-23(27)11-6-18-4-7-20(8-5-18)30-13-19-15-32-17(2)25-19/h4-12,15H,13-14H2,1-3H3,(H,26,27). The van der Waals surface area contributed by atoms with Gasteiger partial charge in [-0.1, -0.05) is 12.1 Å². The van der Waals surface area contributed by atoms with E-state index >= 15 is 0 Å². The van der Waals surface area contributed by atoms with Crippen molar-refractivity contribution in [3.8, 4) is 11.5 Å². The molecule has 0 unspecified atom stereocenters. The molecular formula is C24H24N2O5S. The van der Waals surface area contributed by atoms with Crippen molar-refractivity contribution in [2.24, 2.45) is 0 Å². The minimum Gasteiger partial charge on any atom is -0.487 e. The van der Waals surface area contributed by atoms with Crippen LogP contribution in [0.5, 0.6) is 11.5 Å². The minimum absolute atomic E-state index is 0.168. The van der Waals surface area contributed by atoms with Gasteiger partial charge in [0, 0.05) is 17.1 Å². The van der Waals surface area contributed by atoms with E-state index in [1.165, 1.54) is 13.2 Å². The van der Waals surface area contributed by atoms with E-state index < -0.39 is 5.97 Å². The summed E-state index contributed by atoms with van der Waals surface area (Å²) < 4.78 is 15.6. The van der Waals surface area contributed by atoms with Crippen molar-refractivity contribution in [2.45, 2.75) is 20.5 Å². The molecule has 32 heavy (non-hydrogen) atoms. The Labute approximate surface area is 190 Å². The third-order valence-corrected chi connectivity index (χ3v) is 5.22. The Morgan fingerprint density at radius 3 is 2.47 bits per heavy atom. The fourth-order valence-corrected chi connectivity index (χ4v) is 3.32. The first kappa shape index (κ1) is 23.0. The van der Waals surface area contributed by atoms with E-state index in [0.717, 1.165) is 27.6 Å². The lowest BCUT2D eigenvalue weighted by Crippen LogP contribution is -2.13. The monoisotopic (exact) mass is 452 g/mol. The van der Waals surface area contributed by atoms with E-state index in [-0.39, 0.29) is 12.5 Å². The van der Waals surface area contributed by atoms with Crippen LogP contribution in [0.4, 0.5) is 5.69 Å². The summed E-state index contributed by atoms with van der Waals surface area (Å²) in [5.41, 5.74) is 3.25. The number of thiazole rings is 1. The fourth-order valence-electron chi connectivity index (χ4n) is 2.72. The molecule has 166 valence electrons. The maximum Gasteiger partial charge on any atom is 0.343 e. The lowest BCUT2D eigenvalue weighted by molar-refractivity contribution is -0.142. The summed E-state index contributed by atoms with van der Waals surface area (Å²) in [4.78, 5) is 27.8. The van der Waals surface area contributed by atoms with Gasteiger partial charge < -0.3 is 19.5 Å². The number of rotatable bonds is 9. The Morgan fingerprint density at radius 2 is 1.81 bits per heavy atom. The molecule has 3 rings (SSSR count). The molecule has 0 spiro atoms. The Hall–Kier alpha value is -3.65. The second-order valence-electron chi connectivity index (χ2n) is 6.88. The van der Waals surface area contributed by atoms with Crippen LogP contribution in [0.1, 0.15) is 21.8 Å². The number of aryl methyl sites for hydroxylation is 2. The Balaban J connectivity index is 1.50. The largest absolute Gasteiger partial charge is 0.487 e. The minimum atomic E-state index is -0.459. The highest BCUT2D eigenvalue weighted by Crippen LogP contribution is 2.22. The average molecular weight is 453 g/mol. The number of hydrogen-bond donors (Lipinski definition) is 1. The van der Waals surface area contributed by atoms with Gasteiger partial charge in [-0.05, 0) is 61.4 Å². The molecule has 1 heterocycles. The summed E-state index contributed by atoms with van der Waals surface area (Å²) in [5.74, 6) is 0.547. The molecule has 0 aliphatic heterocycles. The van der Waals surface area contributed by atoms with Crippen LogP contribution < -0.4 is 14.8 Å². The zero-order valence-electron chi connectivity index (χ0n) is 18.1. The zero-order valence-corrected chi connectivity index (χ0v) is 18.9. The van der Waals surface area contributed by atoms with Gasteiger partial charge in [-0.25, -0.2) is 9.78 Å². The van der Waals surface area contributed by atoms with Crippen LogP contribution in [-0.2, 0) is 20.9 Å². The Morgan fingerprint density at radius 1 is 1.06 bits per heavy atom. The molecular weight excluding hydrogens is 428 g/mol. The van der Waals surface area contributed by atoms with Gasteiger partial charge in [0.1, 0.15) is 18.1 Å². The summed E-state index contributed by atoms with van der Waals surface area (Å²) >= 11 is 1.60. The molecule has 7 nitrogen and oxygen atoms in total. The van der Waals surface area contributed by atoms with Gasteiger partial charge in [0.25, 0.3) is 0 Å². The number of esters is 1. The number of methoxy groups -OCH3 is 1. The van der Waals surface area contributed by atoms with E-state index in [1.807, 2.05) is 43.5 Å². The predicted octanol–water partition coefficient (Wildman–Crippen LogP) is 4.54. The van der Waals surface area contributed by atoms with E-state index in [9.17, 15) is 9.59 Å². The number of hydrogen-bond acceptors (Lipinski definition) is 7. The summed E-state index contributed by atoms with van der Waals surface area (Å²) in [6.45, 7) is 4.06. The Kier molecular flexibility index (Phi) is 7.99. The second-order valence-corrected chi connectivity index (χ2v) is 7.94. The first-order chi connectivity index (χ1) is 15.4. The van der Waals surface area contributed by atoms with E-state index in [0.29, 0.717) is 18.0 Å². The van der Waals surface area contributed by atoms with Gasteiger partial charge in [0.05, 0.1) is 17.8 Å². The second kappa shape index (κ2) is 11.1. The maximum absolute atomic E-state index is 12.3. The normalized spacial score (nSPS) is 10.7. The van der Waals surface area contributed by atoms with Crippen LogP contribution in [-0.4, -0.2) is 30.6 Å². The highest BCUT2D eigenvalue weighted by Gasteiger charge is 2.06. The van der Waals surface area contributed by atoms with Crippen molar-refractivity contribution in [2.75, 3.05) is 19.0 Å². The highest BCUT2D eigenvalue weighted by atomic mass is 32.1. The number of ether oxygens (including phenoxy) is 3. The maximum atomic E-state index is 12.3. The van der Waals surface area contributed by atoms with Crippen LogP contribution >= 0.6 is 11.3 Å². The highest BCUT2D eigenvalue weighted by molar-refractivity contribution is 7.09. The van der Waals surface area contributed by atoms with Gasteiger partial charge in [-0.3, -0.25) is 4.79 Å². The third kappa shape index (κ3) is 6.95. The number of aromatic nitrogens is 1. The number of amides is 1. The van der Waals surface area contributed by atoms with Crippen LogP contribution in [0, 0.1) is 13.8 Å². The molecule has 0 saturated heterocycles. The summed E-state index contributed by atoms with van der Waals surface area (Å²) in [6, 6.07) is 12.6. The quantitative estimate of drug-likeness (QED) is 0.379. The lowest BCUT2D eigenvalue weighted by atomic mass is 10.2. The first-order valence-corrected chi connectivity index (χ1v) is 10.7. The molecule has 0 aliphatic carbocycles. The fraction of sp³-hybridized carbons (Fsp3) is 0.208. The van der Waals surface area contributed by atoms with Gasteiger partial charge in [-0.2, -0.15) is 0 Å². The number of anilines is 1. The predicted molar refractivity (Wildman–Crippen MR) is 124 cm³/mol. The van der Waals surface area contributed by atoms with Crippen molar-refractivity contribution < 1.29 is 23.8 Å². The van der Waals surface area contributed by atoms with Crippen molar-refractivity contribution >= 4 is 35.0 Å². The van der Waals surface area contributed by atoms with Crippen molar-refractivity contribution in [1.82, 2.24) is 4.98 Å². The van der Waals surface area contributed by atoms with Gasteiger partial charge in [0.2, 0.25) is 5.91 Å². The van der Waals surface area contributed by atoms with Gasteiger partial charge >= 0.3 is 5.97 Å². The van der Waals surface area contributed by atoms with Crippen LogP contribution in [0.3, 0.4) is 0 Å². The first-order valence-electron chi connectivity index (χ1n) is 9.86. The Bertz CT molecular complexity index is 1110. The van der Waals surface area contributed by atoms with E-state index in [1.54, 1.807) is 35.6 Å². The number of carbonyl (C=O) groups is 2. The summed E-state index contributed by atoms with van der Waals surface area (Å²) in [6.07, 6.45) is 3.20. The van der Waals surface area contributed by atoms with Crippen LogP contribution in [0.15, 0.2) is 53.9 Å². The van der Waals surface area contributed by atoms with Crippen LogP contribution in [0.2, 0.25) is 0 Å². The molecule has 0 fully saturated rings. The number of nitrogens with one attached hydrogen (secondary N) is 1. The molecule has 2 aromatic carbocycles. The van der Waals surface area contributed by atoms with Crippen molar-refractivity contribution in [3.63, 3.8) is 0 Å². The van der Waals surface area contributed by atoms with Gasteiger partial charge in [0.15, 0.2) is 6.61 Å². The van der Waals surface area contributed by atoms with Gasteiger partial charge in [-0.15, -0.1) is 11.3 Å². The van der Waals surface area contributed by atoms with Crippen molar-refractivity contribution in [3.05, 3.63) is 75.7 Å². The topological polar surface area (TPSA) is 86.8 Å². The van der Waals surface area contributed by atoms with E-state index in [4.69, 9.17) is 9.47 Å². The van der Waals surface area contributed by atoms with E-state index in [2.05, 4.69) is 15.0 Å². The molecule has 1 N–H and O–H groups in total. The molecule has 0 aliphatic rings. The summed E-state index contributed by atoms with van der Waals surface area (Å²) in [7, 11) is 1.30. The molecule has 0 atom stereocenters. The zero-order chi connectivity index (χ0) is 22.9. The smallest absolute Gasteiger partial charge is 0.343 e. The molecule has 0 radical (unpaired) electrons. The van der Waals surface area contributed by atoms with Crippen LogP contribution in [0.25, 0.3) is 6.08 Å². The SMILES string of the molecule is COC(=O)COc1ccc(NC(=O)C=Cc2ccc(OCc3csc(C)n3)cc2)c(C)c1. The molecule has 1 aromatic heterocycles. The molecule has 8 heteroatoms. The number of carbonyl (C=O) groups excluding carboxylic acids is 2.